The molecule has 2 aromatic carbocycles. The van der Waals surface area contributed by atoms with Crippen molar-refractivity contribution in [1.82, 2.24) is 0 Å². The van der Waals surface area contributed by atoms with E-state index in [4.69, 9.17) is 10.5 Å². The molecule has 2 aromatic rings. The monoisotopic (exact) mass is 381 g/mol. The van der Waals surface area contributed by atoms with Crippen molar-refractivity contribution in [2.75, 3.05) is 24.6 Å². The molecular weight excluding hydrogens is 357 g/mol. The second-order valence-corrected chi connectivity index (χ2v) is 7.18. The summed E-state index contributed by atoms with van der Waals surface area (Å²) >= 11 is 0. The highest BCUT2D eigenvalue weighted by Gasteiger charge is 2.23. The number of ether oxygens (including phenoxy) is 1. The lowest BCUT2D eigenvalue weighted by Gasteiger charge is -2.21. The van der Waals surface area contributed by atoms with E-state index >= 15 is 0 Å². The summed E-state index contributed by atoms with van der Waals surface area (Å²) in [6.07, 6.45) is 2.30. The molecule has 0 aromatic heterocycles. The molecule has 1 aliphatic heterocycles. The van der Waals surface area contributed by atoms with Gasteiger partial charge in [-0.1, -0.05) is 6.07 Å². The van der Waals surface area contributed by atoms with Crippen LogP contribution in [0.4, 0.5) is 10.1 Å². The normalized spacial score (nSPS) is 13.7. The Morgan fingerprint density at radius 2 is 2.11 bits per heavy atom. The van der Waals surface area contributed by atoms with Crippen LogP contribution in [0.2, 0.25) is 0 Å². The second kappa shape index (κ2) is 8.85. The minimum Gasteiger partial charge on any atom is -0.462 e. The molecule has 0 saturated heterocycles. The number of halogens is 1. The van der Waals surface area contributed by atoms with Gasteiger partial charge >= 0.3 is 5.97 Å². The lowest BCUT2D eigenvalue weighted by molar-refractivity contribution is 0.0502. The number of carbonyl (C=O) groups excluding carboxylic acids is 1. The first kappa shape index (κ1) is 19.8. The molecule has 1 heterocycles. The van der Waals surface area contributed by atoms with Gasteiger partial charge in [0.1, 0.15) is 11.9 Å². The molecule has 0 radical (unpaired) electrons. The lowest BCUT2D eigenvalue weighted by atomic mass is 9.99. The van der Waals surface area contributed by atoms with Gasteiger partial charge < -0.3 is 15.4 Å². The van der Waals surface area contributed by atoms with Gasteiger partial charge in [0.25, 0.3) is 0 Å². The Morgan fingerprint density at radius 3 is 2.79 bits per heavy atom. The van der Waals surface area contributed by atoms with Gasteiger partial charge in [-0.3, -0.25) is 0 Å². The van der Waals surface area contributed by atoms with Gasteiger partial charge in [-0.05, 0) is 67.6 Å². The van der Waals surface area contributed by atoms with Crippen LogP contribution in [-0.4, -0.2) is 31.7 Å². The van der Waals surface area contributed by atoms with Crippen LogP contribution in [0.3, 0.4) is 0 Å². The highest BCUT2D eigenvalue weighted by molar-refractivity contribution is 5.89. The number of benzene rings is 2. The summed E-state index contributed by atoms with van der Waals surface area (Å²) in [6.45, 7) is 3.77. The maximum Gasteiger partial charge on any atom is 0.338 e. The number of anilines is 1. The quantitative estimate of drug-likeness (QED) is 0.589. The van der Waals surface area contributed by atoms with E-state index in [0.29, 0.717) is 24.1 Å². The first-order chi connectivity index (χ1) is 13.5. The van der Waals surface area contributed by atoms with Crippen LogP contribution >= 0.6 is 0 Å². The van der Waals surface area contributed by atoms with E-state index in [1.54, 1.807) is 0 Å². The summed E-state index contributed by atoms with van der Waals surface area (Å²) in [5, 5.41) is 9.56. The summed E-state index contributed by atoms with van der Waals surface area (Å²) in [4.78, 5) is 14.1. The zero-order chi connectivity index (χ0) is 20.1. The Bertz CT molecular complexity index is 888. The lowest BCUT2D eigenvalue weighted by Crippen LogP contribution is -2.24. The molecule has 146 valence electrons. The molecule has 0 aliphatic carbocycles. The number of carbonyl (C=O) groups is 1. The minimum atomic E-state index is -0.458. The molecule has 0 bridgehead atoms. The van der Waals surface area contributed by atoms with E-state index in [1.165, 1.54) is 29.8 Å². The van der Waals surface area contributed by atoms with Crippen molar-refractivity contribution >= 4 is 11.7 Å². The number of hydrogen-bond acceptors (Lipinski definition) is 5. The van der Waals surface area contributed by atoms with Crippen LogP contribution in [0.5, 0.6) is 0 Å². The molecular formula is C22H24FN3O2. The van der Waals surface area contributed by atoms with E-state index in [1.807, 2.05) is 13.0 Å². The molecule has 2 N–H and O–H groups in total. The Morgan fingerprint density at radius 1 is 1.36 bits per heavy atom. The first-order valence-electron chi connectivity index (χ1n) is 9.47. The Kier molecular flexibility index (Phi) is 6.27. The fourth-order valence-electron chi connectivity index (χ4n) is 3.58. The summed E-state index contributed by atoms with van der Waals surface area (Å²) < 4.78 is 18.2. The Balaban J connectivity index is 1.57. The SMILES string of the molecule is CC(N)Cc1cc(C#N)c2c(c1)CCN2CCCOC(=O)c1ccc(F)cc1. The van der Waals surface area contributed by atoms with Gasteiger partial charge in [0, 0.05) is 19.1 Å². The van der Waals surface area contributed by atoms with Crippen molar-refractivity contribution in [3.63, 3.8) is 0 Å². The largest absolute Gasteiger partial charge is 0.462 e. The maximum atomic E-state index is 12.9. The number of hydrogen-bond donors (Lipinski definition) is 1. The maximum absolute atomic E-state index is 12.9. The van der Waals surface area contributed by atoms with Crippen LogP contribution in [0.25, 0.3) is 0 Å². The van der Waals surface area contributed by atoms with Crippen molar-refractivity contribution in [3.05, 3.63) is 64.5 Å². The van der Waals surface area contributed by atoms with Gasteiger partial charge in [-0.2, -0.15) is 5.26 Å². The van der Waals surface area contributed by atoms with Crippen molar-refractivity contribution in [2.24, 2.45) is 5.73 Å². The van der Waals surface area contributed by atoms with Crippen LogP contribution < -0.4 is 10.6 Å². The summed E-state index contributed by atoms with van der Waals surface area (Å²) in [5.41, 5.74) is 10.2. The third-order valence-electron chi connectivity index (χ3n) is 4.78. The first-order valence-corrected chi connectivity index (χ1v) is 9.47. The molecule has 5 nitrogen and oxygen atoms in total. The molecule has 1 aliphatic rings. The van der Waals surface area contributed by atoms with Crippen LogP contribution in [-0.2, 0) is 17.6 Å². The van der Waals surface area contributed by atoms with Gasteiger partial charge in [0.15, 0.2) is 0 Å². The van der Waals surface area contributed by atoms with Gasteiger partial charge in [-0.15, -0.1) is 0 Å². The Hall–Kier alpha value is -2.91. The van der Waals surface area contributed by atoms with Gasteiger partial charge in [0.2, 0.25) is 0 Å². The number of fused-ring (bicyclic) bond motifs is 1. The molecule has 1 atom stereocenters. The van der Waals surface area contributed by atoms with Crippen molar-refractivity contribution in [1.29, 1.82) is 5.26 Å². The van der Waals surface area contributed by atoms with Crippen molar-refractivity contribution < 1.29 is 13.9 Å². The molecule has 0 saturated carbocycles. The molecule has 0 amide bonds. The van der Waals surface area contributed by atoms with Gasteiger partial charge in [-0.25, -0.2) is 9.18 Å². The second-order valence-electron chi connectivity index (χ2n) is 7.18. The number of nitrogens with two attached hydrogens (primary N) is 1. The predicted octanol–water partition coefficient (Wildman–Crippen LogP) is 3.20. The van der Waals surface area contributed by atoms with Crippen molar-refractivity contribution in [3.8, 4) is 6.07 Å². The van der Waals surface area contributed by atoms with E-state index in [0.717, 1.165) is 30.6 Å². The standard InChI is InChI=1S/C22H24FN3O2/c1-15(25)11-16-12-18-7-9-26(21(18)19(13-16)14-24)8-2-10-28-22(27)17-3-5-20(23)6-4-17/h3-6,12-13,15H,2,7-11,25H2,1H3. The highest BCUT2D eigenvalue weighted by atomic mass is 19.1. The average molecular weight is 381 g/mol. The van der Waals surface area contributed by atoms with E-state index in [2.05, 4.69) is 17.0 Å². The summed E-state index contributed by atoms with van der Waals surface area (Å²) in [7, 11) is 0. The molecule has 28 heavy (non-hydrogen) atoms. The van der Waals surface area contributed by atoms with E-state index in [-0.39, 0.29) is 18.5 Å². The molecule has 1 unspecified atom stereocenters. The van der Waals surface area contributed by atoms with Crippen LogP contribution in [0.1, 0.15) is 40.4 Å². The van der Waals surface area contributed by atoms with Crippen LogP contribution in [0, 0.1) is 17.1 Å². The fraction of sp³-hybridized carbons (Fsp3) is 0.364. The molecule has 3 rings (SSSR count). The number of nitrogens with zero attached hydrogens (tertiary/aromatic N) is 2. The van der Waals surface area contributed by atoms with Crippen LogP contribution in [0.15, 0.2) is 36.4 Å². The minimum absolute atomic E-state index is 0.0536. The highest BCUT2D eigenvalue weighted by Crippen LogP contribution is 2.33. The zero-order valence-corrected chi connectivity index (χ0v) is 16.0. The number of esters is 1. The van der Waals surface area contributed by atoms with Crippen molar-refractivity contribution in [2.45, 2.75) is 32.2 Å². The van der Waals surface area contributed by atoms with Gasteiger partial charge in [0.05, 0.1) is 23.4 Å². The predicted molar refractivity (Wildman–Crippen MR) is 106 cm³/mol. The third-order valence-corrected chi connectivity index (χ3v) is 4.78. The summed E-state index contributed by atoms with van der Waals surface area (Å²) in [5.74, 6) is -0.846. The Labute approximate surface area is 164 Å². The summed E-state index contributed by atoms with van der Waals surface area (Å²) in [6, 6.07) is 11.7. The third kappa shape index (κ3) is 4.68. The van der Waals surface area contributed by atoms with E-state index < -0.39 is 5.97 Å². The topological polar surface area (TPSA) is 79.3 Å². The zero-order valence-electron chi connectivity index (χ0n) is 16.0. The molecule has 0 fully saturated rings. The smallest absolute Gasteiger partial charge is 0.338 e. The molecule has 6 heteroatoms. The number of nitriles is 1. The fourth-order valence-corrected chi connectivity index (χ4v) is 3.58. The average Bonchev–Trinajstić information content (AvgIpc) is 3.07. The van der Waals surface area contributed by atoms with E-state index in [9.17, 15) is 14.4 Å². The molecule has 0 spiro atoms. The number of rotatable bonds is 7.